The highest BCUT2D eigenvalue weighted by Gasteiger charge is 2.35. The molecular weight excluding hydrogens is 261 g/mol. The van der Waals surface area contributed by atoms with E-state index in [1.807, 2.05) is 0 Å². The number of rotatable bonds is 4. The number of anilines is 1. The number of alkyl halides is 3. The zero-order valence-corrected chi connectivity index (χ0v) is 8.93. The van der Waals surface area contributed by atoms with E-state index in [0.717, 1.165) is 0 Å². The van der Waals surface area contributed by atoms with E-state index >= 15 is 0 Å². The molecule has 1 unspecified atom stereocenters. The number of halogens is 5. The topological polar surface area (TPSA) is 52.5 Å². The largest absolute Gasteiger partial charge is 0.419 e. The summed E-state index contributed by atoms with van der Waals surface area (Å²) in [5, 5.41) is 19.5. The SMILES string of the molecule is OCC(O)CNc1cc(F)cc(C(F)(F)F)c1F. The number of aliphatic hydroxyl groups is 2. The van der Waals surface area contributed by atoms with Crippen LogP contribution in [0.5, 0.6) is 0 Å². The molecule has 8 heteroatoms. The van der Waals surface area contributed by atoms with Crippen molar-refractivity contribution < 1.29 is 32.2 Å². The van der Waals surface area contributed by atoms with Crippen LogP contribution in [0.4, 0.5) is 27.6 Å². The summed E-state index contributed by atoms with van der Waals surface area (Å²) in [6, 6.07) is 0.581. The Kier molecular flexibility index (Phi) is 4.47. The standard InChI is InChI=1S/C10H10F5NO2/c11-5-1-7(10(13,14)15)9(12)8(2-5)16-3-6(18)4-17/h1-2,6,16-18H,3-4H2. The number of benzene rings is 1. The van der Waals surface area contributed by atoms with Gasteiger partial charge in [0.25, 0.3) is 0 Å². The summed E-state index contributed by atoms with van der Waals surface area (Å²) in [6.07, 6.45) is -6.31. The van der Waals surface area contributed by atoms with E-state index in [1.54, 1.807) is 0 Å². The van der Waals surface area contributed by atoms with Crippen LogP contribution in [0, 0.1) is 11.6 Å². The van der Waals surface area contributed by atoms with Crippen molar-refractivity contribution in [1.29, 1.82) is 0 Å². The Morgan fingerprint density at radius 3 is 2.33 bits per heavy atom. The third kappa shape index (κ3) is 3.54. The van der Waals surface area contributed by atoms with Gasteiger partial charge in [0, 0.05) is 6.54 Å². The number of hydrogen-bond acceptors (Lipinski definition) is 3. The minimum Gasteiger partial charge on any atom is -0.394 e. The molecule has 0 heterocycles. The van der Waals surface area contributed by atoms with E-state index in [0.29, 0.717) is 6.07 Å². The molecule has 0 bridgehead atoms. The predicted octanol–water partition coefficient (Wildman–Crippen LogP) is 1.75. The van der Waals surface area contributed by atoms with Crippen LogP contribution in [0.3, 0.4) is 0 Å². The smallest absolute Gasteiger partial charge is 0.394 e. The Bertz CT molecular complexity index is 421. The Balaban J connectivity index is 3.02. The van der Waals surface area contributed by atoms with Gasteiger partial charge in [-0.2, -0.15) is 13.2 Å². The van der Waals surface area contributed by atoms with Gasteiger partial charge in [-0.15, -0.1) is 0 Å². The van der Waals surface area contributed by atoms with Crippen LogP contribution in [0.25, 0.3) is 0 Å². The van der Waals surface area contributed by atoms with Crippen molar-refractivity contribution in [3.05, 3.63) is 29.3 Å². The molecule has 1 rings (SSSR count). The summed E-state index contributed by atoms with van der Waals surface area (Å²) in [6.45, 7) is -1.07. The van der Waals surface area contributed by atoms with Crippen molar-refractivity contribution in [2.24, 2.45) is 0 Å². The fourth-order valence-electron chi connectivity index (χ4n) is 1.22. The average Bonchev–Trinajstić information content (AvgIpc) is 2.27. The van der Waals surface area contributed by atoms with Crippen molar-refractivity contribution in [2.45, 2.75) is 12.3 Å². The first-order chi connectivity index (χ1) is 8.25. The lowest BCUT2D eigenvalue weighted by Crippen LogP contribution is -2.24. The van der Waals surface area contributed by atoms with E-state index in [4.69, 9.17) is 10.2 Å². The van der Waals surface area contributed by atoms with E-state index in [9.17, 15) is 22.0 Å². The molecular formula is C10H10F5NO2. The molecule has 102 valence electrons. The number of aliphatic hydroxyl groups excluding tert-OH is 2. The van der Waals surface area contributed by atoms with Gasteiger partial charge in [0.05, 0.1) is 24.0 Å². The summed E-state index contributed by atoms with van der Waals surface area (Å²) in [5.41, 5.74) is -2.46. The highest BCUT2D eigenvalue weighted by Crippen LogP contribution is 2.34. The molecule has 0 saturated heterocycles. The molecule has 0 spiro atoms. The van der Waals surface area contributed by atoms with Crippen LogP contribution < -0.4 is 5.32 Å². The van der Waals surface area contributed by atoms with E-state index in [-0.39, 0.29) is 6.07 Å². The second-order valence-electron chi connectivity index (χ2n) is 3.53. The highest BCUT2D eigenvalue weighted by atomic mass is 19.4. The molecule has 1 aromatic rings. The van der Waals surface area contributed by atoms with Crippen LogP contribution in [0.1, 0.15) is 5.56 Å². The Morgan fingerprint density at radius 2 is 1.83 bits per heavy atom. The second kappa shape index (κ2) is 5.49. The first-order valence-electron chi connectivity index (χ1n) is 4.84. The van der Waals surface area contributed by atoms with Crippen molar-refractivity contribution in [1.82, 2.24) is 0 Å². The van der Waals surface area contributed by atoms with Crippen LogP contribution in [-0.4, -0.2) is 29.5 Å². The molecule has 0 amide bonds. The van der Waals surface area contributed by atoms with Crippen molar-refractivity contribution in [3.8, 4) is 0 Å². The summed E-state index contributed by atoms with van der Waals surface area (Å²) >= 11 is 0. The molecule has 3 nitrogen and oxygen atoms in total. The van der Waals surface area contributed by atoms with Gasteiger partial charge >= 0.3 is 6.18 Å². The molecule has 3 N–H and O–H groups in total. The first kappa shape index (κ1) is 14.7. The van der Waals surface area contributed by atoms with Gasteiger partial charge < -0.3 is 15.5 Å². The van der Waals surface area contributed by atoms with Crippen LogP contribution >= 0.6 is 0 Å². The quantitative estimate of drug-likeness (QED) is 0.731. The van der Waals surface area contributed by atoms with Crippen molar-refractivity contribution in [2.75, 3.05) is 18.5 Å². The summed E-state index contributed by atoms with van der Waals surface area (Å²) in [4.78, 5) is 0. The van der Waals surface area contributed by atoms with E-state index < -0.39 is 48.3 Å². The lowest BCUT2D eigenvalue weighted by atomic mass is 10.1. The third-order valence-electron chi connectivity index (χ3n) is 2.08. The molecule has 0 aliphatic rings. The maximum Gasteiger partial charge on any atom is 0.419 e. The summed E-state index contributed by atoms with van der Waals surface area (Å²) < 4.78 is 63.4. The van der Waals surface area contributed by atoms with Gasteiger partial charge in [-0.05, 0) is 12.1 Å². The number of nitrogens with one attached hydrogen (secondary N) is 1. The first-order valence-corrected chi connectivity index (χ1v) is 4.84. The fourth-order valence-corrected chi connectivity index (χ4v) is 1.22. The van der Waals surface area contributed by atoms with Gasteiger partial charge in [-0.1, -0.05) is 0 Å². The Labute approximate surface area is 98.9 Å². The molecule has 0 saturated carbocycles. The van der Waals surface area contributed by atoms with Gasteiger partial charge in [0.2, 0.25) is 0 Å². The molecule has 1 atom stereocenters. The lowest BCUT2D eigenvalue weighted by Gasteiger charge is -2.14. The summed E-state index contributed by atoms with van der Waals surface area (Å²) in [5.74, 6) is -2.92. The van der Waals surface area contributed by atoms with Gasteiger partial charge in [-0.25, -0.2) is 8.78 Å². The predicted molar refractivity (Wildman–Crippen MR) is 52.9 cm³/mol. The van der Waals surface area contributed by atoms with Crippen LogP contribution in [-0.2, 0) is 6.18 Å². The normalized spacial score (nSPS) is 13.5. The van der Waals surface area contributed by atoms with Crippen LogP contribution in [0.2, 0.25) is 0 Å². The molecule has 0 fully saturated rings. The van der Waals surface area contributed by atoms with Gasteiger partial charge in [0.1, 0.15) is 5.82 Å². The minimum absolute atomic E-state index is 0.0446. The molecule has 0 aliphatic carbocycles. The average molecular weight is 271 g/mol. The van der Waals surface area contributed by atoms with E-state index in [2.05, 4.69) is 5.32 Å². The number of hydrogen-bond donors (Lipinski definition) is 3. The zero-order valence-electron chi connectivity index (χ0n) is 8.93. The molecule has 0 aliphatic heterocycles. The minimum atomic E-state index is -5.02. The van der Waals surface area contributed by atoms with Gasteiger partial charge in [-0.3, -0.25) is 0 Å². The fraction of sp³-hybridized carbons (Fsp3) is 0.400. The maximum absolute atomic E-state index is 13.4. The van der Waals surface area contributed by atoms with Gasteiger partial charge in [0.15, 0.2) is 5.82 Å². The Hall–Kier alpha value is -1.41. The molecule has 0 aromatic heterocycles. The lowest BCUT2D eigenvalue weighted by molar-refractivity contribution is -0.140. The monoisotopic (exact) mass is 271 g/mol. The zero-order chi connectivity index (χ0) is 13.9. The molecule has 18 heavy (non-hydrogen) atoms. The Morgan fingerprint density at radius 1 is 1.22 bits per heavy atom. The van der Waals surface area contributed by atoms with Crippen molar-refractivity contribution in [3.63, 3.8) is 0 Å². The van der Waals surface area contributed by atoms with Crippen LogP contribution in [0.15, 0.2) is 12.1 Å². The second-order valence-corrected chi connectivity index (χ2v) is 3.53. The highest BCUT2D eigenvalue weighted by molar-refractivity contribution is 5.49. The van der Waals surface area contributed by atoms with Crippen molar-refractivity contribution >= 4 is 5.69 Å². The maximum atomic E-state index is 13.4. The molecule has 1 aromatic carbocycles. The molecule has 0 radical (unpaired) electrons. The van der Waals surface area contributed by atoms with E-state index in [1.165, 1.54) is 0 Å². The summed E-state index contributed by atoms with van der Waals surface area (Å²) in [7, 11) is 0. The third-order valence-corrected chi connectivity index (χ3v) is 2.08.